The minimum absolute atomic E-state index is 0.138. The van der Waals surface area contributed by atoms with Crippen molar-refractivity contribution in [2.45, 2.75) is 51.3 Å². The van der Waals surface area contributed by atoms with Gasteiger partial charge in [0.05, 0.1) is 4.90 Å². The lowest BCUT2D eigenvalue weighted by atomic mass is 10.00. The molecule has 0 aromatic heterocycles. The summed E-state index contributed by atoms with van der Waals surface area (Å²) in [6.45, 7) is 6.08. The van der Waals surface area contributed by atoms with Gasteiger partial charge in [-0.2, -0.15) is 0 Å². The van der Waals surface area contributed by atoms with Gasteiger partial charge in [0.15, 0.2) is 5.78 Å². The molecule has 0 aliphatic carbocycles. The minimum atomic E-state index is -3.55. The van der Waals surface area contributed by atoms with Gasteiger partial charge in [-0.15, -0.1) is 0 Å². The van der Waals surface area contributed by atoms with E-state index in [1.54, 1.807) is 12.1 Å². The molecule has 0 saturated carbocycles. The molecule has 0 radical (unpaired) electrons. The van der Waals surface area contributed by atoms with Gasteiger partial charge in [0, 0.05) is 12.1 Å². The second kappa shape index (κ2) is 8.29. The predicted molar refractivity (Wildman–Crippen MR) is 84.9 cm³/mol. The quantitative estimate of drug-likeness (QED) is 0.711. The first-order chi connectivity index (χ1) is 9.90. The smallest absolute Gasteiger partial charge is 0.240 e. The number of benzene rings is 1. The Morgan fingerprint density at radius 3 is 2.57 bits per heavy atom. The zero-order valence-electron chi connectivity index (χ0n) is 13.1. The van der Waals surface area contributed by atoms with Gasteiger partial charge >= 0.3 is 0 Å². The van der Waals surface area contributed by atoms with Crippen LogP contribution in [0.1, 0.15) is 56.8 Å². The van der Waals surface area contributed by atoms with E-state index in [9.17, 15) is 13.2 Å². The number of Topliss-reactive ketones (excluding diaryl/α,β-unsaturated/α-hetero) is 1. The average Bonchev–Trinajstić information content (AvgIpc) is 2.47. The maximum absolute atomic E-state index is 12.3. The van der Waals surface area contributed by atoms with Gasteiger partial charge in [0.1, 0.15) is 0 Å². The van der Waals surface area contributed by atoms with Crippen molar-refractivity contribution in [1.29, 1.82) is 0 Å². The molecule has 1 atom stereocenters. The van der Waals surface area contributed by atoms with Crippen LogP contribution in [-0.2, 0) is 10.0 Å². The lowest BCUT2D eigenvalue weighted by molar-refractivity contribution is 0.101. The normalized spacial score (nSPS) is 13.1. The van der Waals surface area contributed by atoms with Crippen molar-refractivity contribution >= 4 is 15.8 Å². The van der Waals surface area contributed by atoms with Crippen molar-refractivity contribution < 1.29 is 13.2 Å². The highest BCUT2D eigenvalue weighted by atomic mass is 32.2. The van der Waals surface area contributed by atoms with E-state index in [1.807, 2.05) is 0 Å². The Kier molecular flexibility index (Phi) is 7.05. The molecule has 0 aliphatic heterocycles. The number of carbonyl (C=O) groups is 1. The maximum atomic E-state index is 12.3. The molecular weight excluding hydrogens is 286 g/mol. The van der Waals surface area contributed by atoms with Gasteiger partial charge in [-0.05, 0) is 31.4 Å². The van der Waals surface area contributed by atoms with Gasteiger partial charge in [-0.3, -0.25) is 4.79 Å². The van der Waals surface area contributed by atoms with Gasteiger partial charge in [-0.25, -0.2) is 13.1 Å². The van der Waals surface area contributed by atoms with Crippen LogP contribution in [0.15, 0.2) is 29.2 Å². The van der Waals surface area contributed by atoms with E-state index < -0.39 is 10.0 Å². The van der Waals surface area contributed by atoms with Crippen LogP contribution in [0.2, 0.25) is 0 Å². The fourth-order valence-corrected chi connectivity index (χ4v) is 3.30. The predicted octanol–water partition coefficient (Wildman–Crippen LogP) is 3.38. The van der Waals surface area contributed by atoms with Gasteiger partial charge in [0.25, 0.3) is 0 Å². The van der Waals surface area contributed by atoms with Crippen molar-refractivity contribution in [3.05, 3.63) is 29.8 Å². The van der Waals surface area contributed by atoms with Gasteiger partial charge < -0.3 is 0 Å². The average molecular weight is 311 g/mol. The van der Waals surface area contributed by atoms with Crippen molar-refractivity contribution in [3.8, 4) is 0 Å². The largest absolute Gasteiger partial charge is 0.295 e. The summed E-state index contributed by atoms with van der Waals surface area (Å²) in [5.74, 6) is 0.220. The van der Waals surface area contributed by atoms with E-state index in [4.69, 9.17) is 0 Å². The molecule has 1 aromatic carbocycles. The highest BCUT2D eigenvalue weighted by Crippen LogP contribution is 2.15. The molecule has 0 bridgehead atoms. The molecule has 0 saturated heterocycles. The molecule has 0 spiro atoms. The molecule has 0 aliphatic rings. The van der Waals surface area contributed by atoms with E-state index in [2.05, 4.69) is 18.6 Å². The van der Waals surface area contributed by atoms with Crippen LogP contribution in [0.5, 0.6) is 0 Å². The Labute approximate surface area is 128 Å². The Morgan fingerprint density at radius 2 is 2.00 bits per heavy atom. The molecule has 118 valence electrons. The van der Waals surface area contributed by atoms with E-state index in [0.29, 0.717) is 18.0 Å². The Morgan fingerprint density at radius 1 is 1.29 bits per heavy atom. The maximum Gasteiger partial charge on any atom is 0.240 e. The highest BCUT2D eigenvalue weighted by Gasteiger charge is 2.17. The third-order valence-corrected chi connectivity index (χ3v) is 5.08. The van der Waals surface area contributed by atoms with Gasteiger partial charge in [0.2, 0.25) is 10.0 Å². The minimum Gasteiger partial charge on any atom is -0.295 e. The van der Waals surface area contributed by atoms with E-state index in [0.717, 1.165) is 25.7 Å². The zero-order valence-corrected chi connectivity index (χ0v) is 13.9. The van der Waals surface area contributed by atoms with Crippen molar-refractivity contribution in [2.24, 2.45) is 5.92 Å². The molecule has 5 heteroatoms. The van der Waals surface area contributed by atoms with Crippen LogP contribution in [0.3, 0.4) is 0 Å². The van der Waals surface area contributed by atoms with Gasteiger partial charge in [-0.1, -0.05) is 45.2 Å². The number of hydrogen-bond donors (Lipinski definition) is 1. The first-order valence-corrected chi connectivity index (χ1v) is 8.99. The fraction of sp³-hybridized carbons (Fsp3) is 0.562. The Bertz CT molecular complexity index is 567. The lowest BCUT2D eigenvalue weighted by Gasteiger charge is -2.15. The molecule has 1 unspecified atom stereocenters. The van der Waals surface area contributed by atoms with E-state index >= 15 is 0 Å². The number of carbonyl (C=O) groups excluding carboxylic acids is 1. The number of rotatable bonds is 9. The number of sulfonamides is 1. The molecule has 0 fully saturated rings. The molecule has 0 heterocycles. The zero-order chi connectivity index (χ0) is 15.9. The van der Waals surface area contributed by atoms with Crippen LogP contribution in [-0.4, -0.2) is 20.7 Å². The first kappa shape index (κ1) is 17.9. The number of unbranched alkanes of at least 4 members (excludes halogenated alkanes) is 1. The highest BCUT2D eigenvalue weighted by molar-refractivity contribution is 7.89. The van der Waals surface area contributed by atoms with Crippen LogP contribution in [0, 0.1) is 5.92 Å². The summed E-state index contributed by atoms with van der Waals surface area (Å²) < 4.78 is 27.2. The first-order valence-electron chi connectivity index (χ1n) is 7.51. The van der Waals surface area contributed by atoms with Crippen LogP contribution >= 0.6 is 0 Å². The van der Waals surface area contributed by atoms with E-state index in [1.165, 1.54) is 19.1 Å². The molecule has 1 aromatic rings. The van der Waals surface area contributed by atoms with Crippen LogP contribution in [0.4, 0.5) is 0 Å². The lowest BCUT2D eigenvalue weighted by Crippen LogP contribution is -2.29. The van der Waals surface area contributed by atoms with Crippen molar-refractivity contribution in [3.63, 3.8) is 0 Å². The summed E-state index contributed by atoms with van der Waals surface area (Å²) >= 11 is 0. The number of nitrogens with one attached hydrogen (secondary N) is 1. The molecule has 21 heavy (non-hydrogen) atoms. The van der Waals surface area contributed by atoms with E-state index in [-0.39, 0.29) is 10.7 Å². The third-order valence-electron chi connectivity index (χ3n) is 3.66. The summed E-state index contributed by atoms with van der Waals surface area (Å²) in [6.07, 6.45) is 4.21. The standard InChI is InChI=1S/C16H25NO3S/c1-4-6-8-14(5-2)12-17-21(19,20)16-10-7-9-15(11-16)13(3)18/h7,9-11,14,17H,4-6,8,12H2,1-3H3. The van der Waals surface area contributed by atoms with Crippen molar-refractivity contribution in [1.82, 2.24) is 4.72 Å². The number of ketones is 1. The summed E-state index contributed by atoms with van der Waals surface area (Å²) in [5.41, 5.74) is 0.413. The van der Waals surface area contributed by atoms with Crippen LogP contribution < -0.4 is 4.72 Å². The second-order valence-corrected chi connectivity index (χ2v) is 7.12. The molecule has 0 amide bonds. The second-order valence-electron chi connectivity index (χ2n) is 5.35. The summed E-state index contributed by atoms with van der Waals surface area (Å²) in [6, 6.07) is 6.16. The molecular formula is C16H25NO3S. The summed E-state index contributed by atoms with van der Waals surface area (Å²) in [7, 11) is -3.55. The van der Waals surface area contributed by atoms with Crippen molar-refractivity contribution in [2.75, 3.05) is 6.54 Å². The molecule has 1 rings (SSSR count). The fourth-order valence-electron chi connectivity index (χ4n) is 2.14. The monoisotopic (exact) mass is 311 g/mol. The van der Waals surface area contributed by atoms with Crippen LogP contribution in [0.25, 0.3) is 0 Å². The molecule has 1 N–H and O–H groups in total. The molecule has 4 nitrogen and oxygen atoms in total. The third kappa shape index (κ3) is 5.59. The number of hydrogen-bond acceptors (Lipinski definition) is 3. The topological polar surface area (TPSA) is 63.2 Å². The SMILES string of the molecule is CCCCC(CC)CNS(=O)(=O)c1cccc(C(C)=O)c1. The Balaban J connectivity index is 2.77. The Hall–Kier alpha value is -1.20. The summed E-state index contributed by atoms with van der Waals surface area (Å²) in [5, 5.41) is 0. The summed E-state index contributed by atoms with van der Waals surface area (Å²) in [4.78, 5) is 11.5.